The highest BCUT2D eigenvalue weighted by Gasteiger charge is 2.35. The van der Waals surface area contributed by atoms with Crippen LogP contribution in [0, 0.1) is 13.8 Å². The molecule has 2 aromatic heterocycles. The first kappa shape index (κ1) is 36.0. The Morgan fingerprint density at radius 3 is 1.51 bits per heavy atom. The van der Waals surface area contributed by atoms with Crippen LogP contribution in [0.2, 0.25) is 0 Å². The highest BCUT2D eigenvalue weighted by molar-refractivity contribution is 7.79. The van der Waals surface area contributed by atoms with Crippen molar-refractivity contribution in [2.24, 2.45) is 5.73 Å². The maximum absolute atomic E-state index is 13.5. The summed E-state index contributed by atoms with van der Waals surface area (Å²) in [6, 6.07) is 26.1. The number of aryl methyl sites for hydroxylation is 2. The molecule has 2 heterocycles. The van der Waals surface area contributed by atoms with E-state index in [1.807, 2.05) is 69.0 Å². The van der Waals surface area contributed by atoms with Crippen LogP contribution in [0.25, 0.3) is 44.3 Å². The topological polar surface area (TPSA) is 63.8 Å². The van der Waals surface area contributed by atoms with Gasteiger partial charge < -0.3 is 10.8 Å². The van der Waals surface area contributed by atoms with Crippen LogP contribution >= 0.6 is 7.95 Å². The zero-order valence-electron chi connectivity index (χ0n) is 26.9. The zero-order chi connectivity index (χ0) is 35.5. The molecule has 0 spiro atoms. The maximum atomic E-state index is 13.5. The molecule has 4 aromatic carbocycles. The number of para-hydroxylation sites is 2. The van der Waals surface area contributed by atoms with Gasteiger partial charge in [0.05, 0.1) is 33.5 Å². The van der Waals surface area contributed by atoms with Crippen molar-refractivity contribution in [2.45, 2.75) is 39.3 Å². The fraction of sp³-hybridized carbons (Fsp3) is 0.189. The second kappa shape index (κ2) is 14.7. The van der Waals surface area contributed by atoms with Gasteiger partial charge in [0.25, 0.3) is 0 Å². The van der Waals surface area contributed by atoms with Gasteiger partial charge >= 0.3 is 12.4 Å². The molecule has 2 radical (unpaired) electrons. The minimum absolute atomic E-state index is 0.0607. The molecule has 0 fully saturated rings. The van der Waals surface area contributed by atoms with Crippen LogP contribution in [-0.2, 0) is 25.4 Å². The van der Waals surface area contributed by atoms with Gasteiger partial charge in [-0.25, -0.2) is 9.97 Å². The van der Waals surface area contributed by atoms with E-state index in [-0.39, 0.29) is 17.7 Å². The van der Waals surface area contributed by atoms with Crippen molar-refractivity contribution in [1.82, 2.24) is 15.1 Å². The first-order valence-electron chi connectivity index (χ1n) is 15.2. The third kappa shape index (κ3) is 8.12. The van der Waals surface area contributed by atoms with Crippen LogP contribution in [0.1, 0.15) is 33.4 Å². The molecular weight excluding hydrogens is 656 g/mol. The number of nitrogens with two attached hydrogens (primary N) is 1. The van der Waals surface area contributed by atoms with Crippen molar-refractivity contribution in [2.75, 3.05) is 6.66 Å². The second-order valence-corrected chi connectivity index (χ2v) is 13.1. The predicted molar refractivity (Wildman–Crippen MR) is 187 cm³/mol. The molecule has 0 aliphatic heterocycles. The van der Waals surface area contributed by atoms with Crippen molar-refractivity contribution in [3.8, 4) is 22.5 Å². The summed E-state index contributed by atoms with van der Waals surface area (Å²) in [6.07, 6.45) is -8.89. The minimum Gasteiger partial charge on any atom is -0.326 e. The summed E-state index contributed by atoms with van der Waals surface area (Å²) >= 11 is 0. The summed E-state index contributed by atoms with van der Waals surface area (Å²) in [5, 5.41) is 4.90. The fourth-order valence-electron chi connectivity index (χ4n) is 5.62. The molecule has 12 heteroatoms. The third-order valence-corrected chi connectivity index (χ3v) is 8.62. The van der Waals surface area contributed by atoms with Gasteiger partial charge in [0.15, 0.2) is 0 Å². The lowest BCUT2D eigenvalue weighted by molar-refractivity contribution is -0.137. The van der Waals surface area contributed by atoms with Gasteiger partial charge in [0.2, 0.25) is 0 Å². The van der Waals surface area contributed by atoms with Crippen molar-refractivity contribution in [3.05, 3.63) is 130 Å². The number of nitrogens with zero attached hydrogens (tertiary/aromatic N) is 2. The Balaban J connectivity index is 0.000000192. The molecule has 1 atom stereocenters. The third-order valence-electron chi connectivity index (χ3n) is 7.97. The van der Waals surface area contributed by atoms with Crippen molar-refractivity contribution in [3.63, 3.8) is 0 Å². The average Bonchev–Trinajstić information content (AvgIpc) is 3.06. The van der Waals surface area contributed by atoms with E-state index in [0.717, 1.165) is 34.0 Å². The standard InChI is InChI=1S/C19H17BF3N2P.C18H15F3N2/c1-12-6-5-7-13-10-14(11-24-26(2)20)18(25-17(12)13)15-8-3-4-9-16(15)19(21,22)23;1-11-5-4-6-12-9-13(10-22)17(23-16(11)12)14-7-2-3-8-15(14)18(19,20)21/h3-10,24H,11H2,1-2H3;2-9H,10,22H2,1H3. The summed E-state index contributed by atoms with van der Waals surface area (Å²) in [4.78, 5) is 9.13. The number of nitrogens with one attached hydrogen (secondary N) is 1. The lowest BCUT2D eigenvalue weighted by atomic mass is 9.98. The van der Waals surface area contributed by atoms with Crippen LogP contribution < -0.4 is 10.8 Å². The molecule has 0 amide bonds. The highest BCUT2D eigenvalue weighted by Crippen LogP contribution is 2.40. The van der Waals surface area contributed by atoms with E-state index in [2.05, 4.69) is 15.1 Å². The van der Waals surface area contributed by atoms with Crippen LogP contribution in [0.3, 0.4) is 0 Å². The van der Waals surface area contributed by atoms with E-state index in [4.69, 9.17) is 13.3 Å². The Morgan fingerprint density at radius 1 is 0.653 bits per heavy atom. The molecule has 0 aliphatic carbocycles. The summed E-state index contributed by atoms with van der Waals surface area (Å²) in [7, 11) is 4.93. The Morgan fingerprint density at radius 2 is 1.08 bits per heavy atom. The molecule has 49 heavy (non-hydrogen) atoms. The maximum Gasteiger partial charge on any atom is 0.417 e. The van der Waals surface area contributed by atoms with E-state index in [1.165, 1.54) is 24.3 Å². The highest BCUT2D eigenvalue weighted by atomic mass is 31.1. The van der Waals surface area contributed by atoms with Crippen molar-refractivity contribution in [1.29, 1.82) is 0 Å². The fourth-order valence-corrected chi connectivity index (χ4v) is 6.04. The second-order valence-electron chi connectivity index (χ2n) is 11.5. The van der Waals surface area contributed by atoms with Crippen molar-refractivity contribution < 1.29 is 26.3 Å². The van der Waals surface area contributed by atoms with Gasteiger partial charge in [-0.1, -0.05) is 80.7 Å². The average molecular weight is 688 g/mol. The Labute approximate surface area is 283 Å². The van der Waals surface area contributed by atoms with E-state index in [0.29, 0.717) is 40.1 Å². The van der Waals surface area contributed by atoms with Gasteiger partial charge in [-0.2, -0.15) is 26.3 Å². The number of pyridine rings is 2. The van der Waals surface area contributed by atoms with Crippen LogP contribution in [0.15, 0.2) is 97.1 Å². The molecule has 250 valence electrons. The molecule has 6 rings (SSSR count). The summed E-state index contributed by atoms with van der Waals surface area (Å²) in [6.45, 7) is 6.11. The first-order chi connectivity index (χ1) is 23.2. The number of halogens is 6. The van der Waals surface area contributed by atoms with E-state index >= 15 is 0 Å². The lowest BCUT2D eigenvalue weighted by Crippen LogP contribution is -2.11. The largest absolute Gasteiger partial charge is 0.417 e. The van der Waals surface area contributed by atoms with Crippen LogP contribution in [0.4, 0.5) is 26.3 Å². The van der Waals surface area contributed by atoms with Gasteiger partial charge in [-0.05, 0) is 67.0 Å². The van der Waals surface area contributed by atoms with Crippen LogP contribution in [-0.4, -0.2) is 24.2 Å². The normalized spacial score (nSPS) is 12.5. The quantitative estimate of drug-likeness (QED) is 0.104. The van der Waals surface area contributed by atoms with Crippen molar-refractivity contribution >= 4 is 37.3 Å². The molecule has 6 aromatic rings. The SMILES string of the molecule is Cc1cccc2cc(CN)c(-c3ccccc3C(F)(F)F)nc12.[B]P(C)NCc1cc2cccc(C)c2nc1-c1ccccc1C(F)(F)F. The Kier molecular flexibility index (Phi) is 10.8. The molecule has 3 N–H and O–H groups in total. The number of hydrogen-bond donors (Lipinski definition) is 2. The number of rotatable bonds is 6. The molecular formula is C37H32BF6N4P. The van der Waals surface area contributed by atoms with E-state index in [9.17, 15) is 26.3 Å². The van der Waals surface area contributed by atoms with E-state index in [1.54, 1.807) is 12.1 Å². The number of hydrogen-bond acceptors (Lipinski definition) is 4. The van der Waals surface area contributed by atoms with Gasteiger partial charge in [-0.15, -0.1) is 0 Å². The molecule has 0 aliphatic rings. The lowest BCUT2D eigenvalue weighted by Gasteiger charge is -2.18. The number of fused-ring (bicyclic) bond motifs is 2. The monoisotopic (exact) mass is 688 g/mol. The van der Waals surface area contributed by atoms with Gasteiger partial charge in [0, 0.05) is 35.0 Å². The van der Waals surface area contributed by atoms with E-state index < -0.39 is 31.4 Å². The smallest absolute Gasteiger partial charge is 0.326 e. The van der Waals surface area contributed by atoms with Crippen LogP contribution in [0.5, 0.6) is 0 Å². The molecule has 0 bridgehead atoms. The number of benzene rings is 4. The first-order valence-corrected chi connectivity index (χ1v) is 17.1. The summed E-state index contributed by atoms with van der Waals surface area (Å²) in [5.41, 5.74) is 9.66. The summed E-state index contributed by atoms with van der Waals surface area (Å²) < 4.78 is 80.4. The number of aromatic nitrogens is 2. The Hall–Kier alpha value is -4.31. The minimum atomic E-state index is -4.45. The molecule has 0 saturated carbocycles. The zero-order valence-corrected chi connectivity index (χ0v) is 27.8. The predicted octanol–water partition coefficient (Wildman–Crippen LogP) is 10.1. The summed E-state index contributed by atoms with van der Waals surface area (Å²) in [5.74, 6) is 0. The van der Waals surface area contributed by atoms with Gasteiger partial charge in [-0.3, -0.25) is 0 Å². The Bertz CT molecular complexity index is 2110. The number of alkyl halides is 6. The molecule has 1 unspecified atom stereocenters. The van der Waals surface area contributed by atoms with Gasteiger partial charge in [0.1, 0.15) is 7.57 Å². The molecule has 4 nitrogen and oxygen atoms in total. The molecule has 0 saturated heterocycles.